The number of rotatable bonds is 2. The van der Waals surface area contributed by atoms with Crippen LogP contribution in [0.4, 0.5) is 13.2 Å². The maximum atomic E-state index is 13.3. The molecule has 0 spiro atoms. The van der Waals surface area contributed by atoms with Crippen LogP contribution in [0, 0.1) is 17.5 Å². The van der Waals surface area contributed by atoms with Gasteiger partial charge in [-0.25, -0.2) is 23.1 Å². The molecule has 86 valence electrons. The summed E-state index contributed by atoms with van der Waals surface area (Å²) in [6.45, 7) is 0. The number of carbonyl (C=O) groups excluding carboxylic acids is 1. The molecule has 0 aliphatic heterocycles. The smallest absolute Gasteiger partial charge is 0.233 e. The van der Waals surface area contributed by atoms with Crippen molar-refractivity contribution in [2.45, 2.75) is 0 Å². The predicted octanol–water partition coefficient (Wildman–Crippen LogP) is 2.12. The second kappa shape index (κ2) is 4.32. The van der Waals surface area contributed by atoms with E-state index in [2.05, 4.69) is 9.97 Å². The molecule has 0 bridgehead atoms. The third-order valence-corrected chi connectivity index (χ3v) is 2.05. The Morgan fingerprint density at radius 1 is 1.00 bits per heavy atom. The lowest BCUT2D eigenvalue weighted by atomic mass is 10.1. The summed E-state index contributed by atoms with van der Waals surface area (Å²) in [6, 6.07) is 3.00. The van der Waals surface area contributed by atoms with Gasteiger partial charge in [-0.15, -0.1) is 0 Å². The van der Waals surface area contributed by atoms with Crippen LogP contribution in [0.3, 0.4) is 0 Å². The number of halogens is 3. The first-order chi connectivity index (χ1) is 8.11. The lowest BCUT2D eigenvalue weighted by molar-refractivity contribution is 0.102. The SMILES string of the molecule is O=C(c1ncccn1)c1ccc(F)c(F)c1F. The molecule has 0 N–H and O–H groups in total. The van der Waals surface area contributed by atoms with Crippen molar-refractivity contribution in [2.24, 2.45) is 0 Å². The highest BCUT2D eigenvalue weighted by molar-refractivity contribution is 6.06. The van der Waals surface area contributed by atoms with Gasteiger partial charge in [0, 0.05) is 12.4 Å². The van der Waals surface area contributed by atoms with Crippen molar-refractivity contribution in [1.29, 1.82) is 0 Å². The van der Waals surface area contributed by atoms with Crippen molar-refractivity contribution < 1.29 is 18.0 Å². The van der Waals surface area contributed by atoms with Gasteiger partial charge in [0.05, 0.1) is 5.56 Å². The van der Waals surface area contributed by atoms with Crippen LogP contribution in [-0.4, -0.2) is 15.8 Å². The predicted molar refractivity (Wildman–Crippen MR) is 51.8 cm³/mol. The number of carbonyl (C=O) groups is 1. The van der Waals surface area contributed by atoms with Gasteiger partial charge < -0.3 is 0 Å². The molecule has 2 rings (SSSR count). The van der Waals surface area contributed by atoms with Crippen molar-refractivity contribution in [3.63, 3.8) is 0 Å². The molecule has 0 amide bonds. The molecule has 0 aliphatic carbocycles. The van der Waals surface area contributed by atoms with Gasteiger partial charge in [0.1, 0.15) is 0 Å². The van der Waals surface area contributed by atoms with Gasteiger partial charge in [-0.2, -0.15) is 0 Å². The summed E-state index contributed by atoms with van der Waals surface area (Å²) in [4.78, 5) is 18.9. The van der Waals surface area contributed by atoms with Crippen molar-refractivity contribution >= 4 is 5.78 Å². The Morgan fingerprint density at radius 2 is 1.65 bits per heavy atom. The number of nitrogens with zero attached hydrogens (tertiary/aromatic N) is 2. The monoisotopic (exact) mass is 238 g/mol. The first kappa shape index (κ1) is 11.3. The van der Waals surface area contributed by atoms with Crippen LogP contribution in [0.1, 0.15) is 16.2 Å². The lowest BCUT2D eigenvalue weighted by Crippen LogP contribution is -2.10. The Labute approximate surface area is 94.0 Å². The molecule has 0 atom stereocenters. The minimum atomic E-state index is -1.69. The van der Waals surface area contributed by atoms with E-state index in [4.69, 9.17) is 0 Å². The van der Waals surface area contributed by atoms with E-state index in [0.29, 0.717) is 6.07 Å². The molecule has 3 nitrogen and oxygen atoms in total. The zero-order valence-electron chi connectivity index (χ0n) is 8.32. The zero-order valence-corrected chi connectivity index (χ0v) is 8.32. The third-order valence-electron chi connectivity index (χ3n) is 2.05. The van der Waals surface area contributed by atoms with Crippen LogP contribution in [0.2, 0.25) is 0 Å². The third kappa shape index (κ3) is 2.01. The van der Waals surface area contributed by atoms with Gasteiger partial charge in [-0.05, 0) is 18.2 Å². The molecule has 0 fully saturated rings. The number of aromatic nitrogens is 2. The summed E-state index contributed by atoms with van der Waals surface area (Å²) >= 11 is 0. The van der Waals surface area contributed by atoms with Gasteiger partial charge >= 0.3 is 0 Å². The summed E-state index contributed by atoms with van der Waals surface area (Å²) in [6.07, 6.45) is 2.58. The van der Waals surface area contributed by atoms with E-state index in [1.165, 1.54) is 18.5 Å². The van der Waals surface area contributed by atoms with E-state index in [-0.39, 0.29) is 5.82 Å². The van der Waals surface area contributed by atoms with Crippen LogP contribution < -0.4 is 0 Å². The molecule has 1 aromatic heterocycles. The highest BCUT2D eigenvalue weighted by Crippen LogP contribution is 2.17. The maximum absolute atomic E-state index is 13.3. The number of benzene rings is 1. The fourth-order valence-corrected chi connectivity index (χ4v) is 1.24. The average Bonchev–Trinajstić information content (AvgIpc) is 2.36. The molecule has 0 radical (unpaired) electrons. The molecule has 6 heteroatoms. The minimum absolute atomic E-state index is 0.280. The number of hydrogen-bond acceptors (Lipinski definition) is 3. The zero-order chi connectivity index (χ0) is 12.4. The Balaban J connectivity index is 2.49. The van der Waals surface area contributed by atoms with Crippen molar-refractivity contribution in [3.8, 4) is 0 Å². The van der Waals surface area contributed by atoms with Crippen LogP contribution >= 0.6 is 0 Å². The molecule has 0 saturated heterocycles. The number of ketones is 1. The second-order valence-corrected chi connectivity index (χ2v) is 3.12. The molecule has 1 heterocycles. The van der Waals surface area contributed by atoms with E-state index in [0.717, 1.165) is 6.07 Å². The van der Waals surface area contributed by atoms with Crippen LogP contribution in [0.15, 0.2) is 30.6 Å². The van der Waals surface area contributed by atoms with Gasteiger partial charge in [0.15, 0.2) is 17.5 Å². The summed E-state index contributed by atoms with van der Waals surface area (Å²) in [5, 5.41) is 0. The molecule has 0 saturated carbocycles. The quantitative estimate of drug-likeness (QED) is 0.594. The first-order valence-electron chi connectivity index (χ1n) is 4.56. The molecular formula is C11H5F3N2O. The topological polar surface area (TPSA) is 42.9 Å². The van der Waals surface area contributed by atoms with Crippen LogP contribution in [0.25, 0.3) is 0 Å². The summed E-state index contributed by atoms with van der Waals surface area (Å²) in [5.41, 5.74) is -0.602. The first-order valence-corrected chi connectivity index (χ1v) is 4.56. The fourth-order valence-electron chi connectivity index (χ4n) is 1.24. The molecule has 0 aliphatic rings. The number of hydrogen-bond donors (Lipinski definition) is 0. The Kier molecular flexibility index (Phi) is 2.86. The standard InChI is InChI=1S/C11H5F3N2O/c12-7-3-2-6(8(13)9(7)14)10(17)11-15-4-1-5-16-11/h1-5H. The lowest BCUT2D eigenvalue weighted by Gasteiger charge is -2.02. The average molecular weight is 238 g/mol. The Bertz CT molecular complexity index is 572. The molecule has 0 unspecified atom stereocenters. The Hall–Kier alpha value is -2.24. The van der Waals surface area contributed by atoms with Crippen molar-refractivity contribution in [3.05, 3.63) is 59.4 Å². The van der Waals surface area contributed by atoms with E-state index in [1.807, 2.05) is 0 Å². The van der Waals surface area contributed by atoms with E-state index >= 15 is 0 Å². The molecule has 1 aromatic carbocycles. The highest BCUT2D eigenvalue weighted by Gasteiger charge is 2.21. The van der Waals surface area contributed by atoms with Crippen LogP contribution in [0.5, 0.6) is 0 Å². The Morgan fingerprint density at radius 3 is 2.29 bits per heavy atom. The van der Waals surface area contributed by atoms with E-state index < -0.39 is 28.8 Å². The summed E-state index contributed by atoms with van der Waals surface area (Å²) < 4.78 is 38.9. The van der Waals surface area contributed by atoms with E-state index in [1.54, 1.807) is 0 Å². The summed E-state index contributed by atoms with van der Waals surface area (Å²) in [7, 11) is 0. The van der Waals surface area contributed by atoms with Crippen LogP contribution in [-0.2, 0) is 0 Å². The van der Waals surface area contributed by atoms with Gasteiger partial charge in [0.25, 0.3) is 0 Å². The summed E-state index contributed by atoms with van der Waals surface area (Å²) in [5.74, 6) is -5.76. The largest absolute Gasteiger partial charge is 0.285 e. The molecular weight excluding hydrogens is 233 g/mol. The fraction of sp³-hybridized carbons (Fsp3) is 0. The van der Waals surface area contributed by atoms with Gasteiger partial charge in [0.2, 0.25) is 11.6 Å². The molecule has 17 heavy (non-hydrogen) atoms. The normalized spacial score (nSPS) is 10.3. The van der Waals surface area contributed by atoms with Crippen molar-refractivity contribution in [2.75, 3.05) is 0 Å². The highest BCUT2D eigenvalue weighted by atomic mass is 19.2. The van der Waals surface area contributed by atoms with Gasteiger partial charge in [-0.3, -0.25) is 4.79 Å². The van der Waals surface area contributed by atoms with E-state index in [9.17, 15) is 18.0 Å². The maximum Gasteiger partial charge on any atom is 0.233 e. The molecule has 2 aromatic rings. The second-order valence-electron chi connectivity index (χ2n) is 3.12. The van der Waals surface area contributed by atoms with Crippen molar-refractivity contribution in [1.82, 2.24) is 9.97 Å². The van der Waals surface area contributed by atoms with Gasteiger partial charge in [-0.1, -0.05) is 0 Å². The minimum Gasteiger partial charge on any atom is -0.285 e.